The Labute approximate surface area is 102 Å². The first kappa shape index (κ1) is 11.1. The summed E-state index contributed by atoms with van der Waals surface area (Å²) in [5.41, 5.74) is 2.29. The number of hydrogen-bond donors (Lipinski definition) is 0. The topological polar surface area (TPSA) is 33.2 Å². The van der Waals surface area contributed by atoms with Gasteiger partial charge in [0.05, 0.1) is 5.51 Å². The van der Waals surface area contributed by atoms with Crippen molar-refractivity contribution in [1.82, 2.24) is 9.88 Å². The van der Waals surface area contributed by atoms with Crippen LogP contribution in [-0.2, 0) is 0 Å². The number of likely N-dealkylation sites (tertiary alicyclic amines) is 1. The summed E-state index contributed by atoms with van der Waals surface area (Å²) in [6.07, 6.45) is 1.02. The van der Waals surface area contributed by atoms with Crippen molar-refractivity contribution >= 4 is 33.2 Å². The molecule has 1 saturated heterocycles. The van der Waals surface area contributed by atoms with Crippen molar-refractivity contribution < 1.29 is 4.79 Å². The van der Waals surface area contributed by atoms with Gasteiger partial charge < -0.3 is 4.90 Å². The third kappa shape index (κ3) is 2.39. The average Bonchev–Trinajstić information content (AvgIpc) is 2.74. The molecule has 0 spiro atoms. The lowest BCUT2D eigenvalue weighted by Crippen LogP contribution is -2.43. The lowest BCUT2D eigenvalue weighted by Gasteiger charge is -2.33. The zero-order chi connectivity index (χ0) is 10.8. The molecule has 1 aromatic rings. The van der Waals surface area contributed by atoms with Crippen molar-refractivity contribution in [3.63, 3.8) is 0 Å². The molecule has 82 valence electrons. The SMILES string of the molecule is CC1CN(C(=O)c2cscn2)CCC1Br. The van der Waals surface area contributed by atoms with Crippen LogP contribution in [0.2, 0.25) is 0 Å². The Morgan fingerprint density at radius 1 is 1.73 bits per heavy atom. The van der Waals surface area contributed by atoms with E-state index in [1.54, 1.807) is 5.51 Å². The Bertz CT molecular complexity index is 341. The molecule has 15 heavy (non-hydrogen) atoms. The van der Waals surface area contributed by atoms with Crippen LogP contribution in [0, 0.1) is 5.92 Å². The number of rotatable bonds is 1. The van der Waals surface area contributed by atoms with Crippen LogP contribution < -0.4 is 0 Å². The smallest absolute Gasteiger partial charge is 0.273 e. The Kier molecular flexibility index (Phi) is 3.41. The van der Waals surface area contributed by atoms with E-state index < -0.39 is 0 Å². The summed E-state index contributed by atoms with van der Waals surface area (Å²) in [7, 11) is 0. The van der Waals surface area contributed by atoms with Crippen molar-refractivity contribution in [2.75, 3.05) is 13.1 Å². The third-order valence-corrected chi connectivity index (χ3v) is 4.69. The number of alkyl halides is 1. The summed E-state index contributed by atoms with van der Waals surface area (Å²) in [5.74, 6) is 0.587. The standard InChI is InChI=1S/C10H13BrN2OS/c1-7-4-13(3-2-8(7)11)10(14)9-5-15-6-12-9/h5-8H,2-4H2,1H3. The largest absolute Gasteiger partial charge is 0.337 e. The van der Waals surface area contributed by atoms with Crippen molar-refractivity contribution in [3.05, 3.63) is 16.6 Å². The summed E-state index contributed by atoms with van der Waals surface area (Å²) in [6.45, 7) is 3.82. The average molecular weight is 289 g/mol. The number of halogens is 1. The first-order chi connectivity index (χ1) is 7.18. The van der Waals surface area contributed by atoms with Crippen molar-refractivity contribution in [3.8, 4) is 0 Å². The molecule has 1 fully saturated rings. The van der Waals surface area contributed by atoms with Gasteiger partial charge in [0.25, 0.3) is 5.91 Å². The molecular formula is C10H13BrN2OS. The number of thiazole rings is 1. The second kappa shape index (κ2) is 4.61. The zero-order valence-corrected chi connectivity index (χ0v) is 10.9. The van der Waals surface area contributed by atoms with Gasteiger partial charge >= 0.3 is 0 Å². The summed E-state index contributed by atoms with van der Waals surface area (Å²) >= 11 is 5.09. The number of amides is 1. The van der Waals surface area contributed by atoms with Gasteiger partial charge in [-0.1, -0.05) is 22.9 Å². The third-order valence-electron chi connectivity index (χ3n) is 2.74. The Morgan fingerprint density at radius 2 is 2.53 bits per heavy atom. The number of carbonyl (C=O) groups is 1. The minimum atomic E-state index is 0.0718. The lowest BCUT2D eigenvalue weighted by atomic mass is 10.00. The molecule has 0 N–H and O–H groups in total. The highest BCUT2D eigenvalue weighted by Gasteiger charge is 2.27. The van der Waals surface area contributed by atoms with Crippen LogP contribution in [0.4, 0.5) is 0 Å². The molecule has 0 aromatic carbocycles. The maximum absolute atomic E-state index is 12.0. The predicted molar refractivity (Wildman–Crippen MR) is 64.5 cm³/mol. The van der Waals surface area contributed by atoms with Crippen LogP contribution in [0.1, 0.15) is 23.8 Å². The van der Waals surface area contributed by atoms with Gasteiger partial charge in [-0.25, -0.2) is 4.98 Å². The highest BCUT2D eigenvalue weighted by molar-refractivity contribution is 9.09. The van der Waals surface area contributed by atoms with E-state index in [0.717, 1.165) is 19.5 Å². The molecule has 2 heterocycles. The summed E-state index contributed by atoms with van der Waals surface area (Å²) in [6, 6.07) is 0. The Morgan fingerprint density at radius 3 is 3.13 bits per heavy atom. The molecule has 1 aromatic heterocycles. The Hall–Kier alpha value is -0.420. The summed E-state index contributed by atoms with van der Waals surface area (Å²) < 4.78 is 0. The number of nitrogens with zero attached hydrogens (tertiary/aromatic N) is 2. The monoisotopic (exact) mass is 288 g/mol. The molecule has 0 aliphatic carbocycles. The van der Waals surface area contributed by atoms with E-state index in [1.807, 2.05) is 10.3 Å². The van der Waals surface area contributed by atoms with Crippen molar-refractivity contribution in [1.29, 1.82) is 0 Å². The van der Waals surface area contributed by atoms with Gasteiger partial charge in [-0.2, -0.15) is 0 Å². The molecule has 1 amide bonds. The zero-order valence-electron chi connectivity index (χ0n) is 8.52. The van der Waals surface area contributed by atoms with E-state index in [9.17, 15) is 4.79 Å². The van der Waals surface area contributed by atoms with Crippen LogP contribution in [0.3, 0.4) is 0 Å². The molecule has 1 aliphatic heterocycles. The van der Waals surface area contributed by atoms with Crippen LogP contribution in [-0.4, -0.2) is 33.7 Å². The quantitative estimate of drug-likeness (QED) is 0.744. The first-order valence-corrected chi connectivity index (χ1v) is 6.86. The van der Waals surface area contributed by atoms with Crippen LogP contribution in [0.5, 0.6) is 0 Å². The van der Waals surface area contributed by atoms with Gasteiger partial charge in [0.1, 0.15) is 5.69 Å². The number of hydrogen-bond acceptors (Lipinski definition) is 3. The molecule has 0 bridgehead atoms. The number of carbonyl (C=O) groups excluding carboxylic acids is 1. The number of piperidine rings is 1. The van der Waals surface area contributed by atoms with Gasteiger partial charge in [0, 0.05) is 23.3 Å². The fraction of sp³-hybridized carbons (Fsp3) is 0.600. The molecule has 3 nitrogen and oxygen atoms in total. The fourth-order valence-electron chi connectivity index (χ4n) is 1.78. The molecule has 2 atom stereocenters. The Balaban J connectivity index is 2.03. The summed E-state index contributed by atoms with van der Waals surface area (Å²) in [5, 5.41) is 1.81. The first-order valence-electron chi connectivity index (χ1n) is 5.00. The normalized spacial score (nSPS) is 26.7. The predicted octanol–water partition coefficient (Wildman–Crippen LogP) is 2.39. The van der Waals surface area contributed by atoms with Gasteiger partial charge in [-0.05, 0) is 12.3 Å². The van der Waals surface area contributed by atoms with E-state index in [1.165, 1.54) is 11.3 Å². The second-order valence-corrected chi connectivity index (χ2v) is 5.80. The highest BCUT2D eigenvalue weighted by atomic mass is 79.9. The maximum Gasteiger partial charge on any atom is 0.273 e. The van der Waals surface area contributed by atoms with Crippen LogP contribution in [0.25, 0.3) is 0 Å². The minimum Gasteiger partial charge on any atom is -0.337 e. The van der Waals surface area contributed by atoms with E-state index in [2.05, 4.69) is 27.8 Å². The van der Waals surface area contributed by atoms with Gasteiger partial charge in [0.2, 0.25) is 0 Å². The second-order valence-electron chi connectivity index (χ2n) is 3.91. The molecule has 0 saturated carbocycles. The van der Waals surface area contributed by atoms with E-state index in [-0.39, 0.29) is 5.91 Å². The minimum absolute atomic E-state index is 0.0718. The lowest BCUT2D eigenvalue weighted by molar-refractivity contribution is 0.0685. The van der Waals surface area contributed by atoms with Gasteiger partial charge in [-0.3, -0.25) is 4.79 Å². The maximum atomic E-state index is 12.0. The van der Waals surface area contributed by atoms with Gasteiger partial charge in [-0.15, -0.1) is 11.3 Å². The highest BCUT2D eigenvalue weighted by Crippen LogP contribution is 2.24. The molecule has 1 aliphatic rings. The molecule has 5 heteroatoms. The fourth-order valence-corrected chi connectivity index (χ4v) is 2.68. The van der Waals surface area contributed by atoms with Crippen LogP contribution >= 0.6 is 27.3 Å². The van der Waals surface area contributed by atoms with E-state index in [0.29, 0.717) is 16.4 Å². The van der Waals surface area contributed by atoms with Crippen molar-refractivity contribution in [2.45, 2.75) is 18.2 Å². The number of aromatic nitrogens is 1. The molecule has 2 unspecified atom stereocenters. The van der Waals surface area contributed by atoms with Crippen molar-refractivity contribution in [2.24, 2.45) is 5.92 Å². The van der Waals surface area contributed by atoms with Gasteiger partial charge in [0.15, 0.2) is 0 Å². The molecule has 2 rings (SSSR count). The van der Waals surface area contributed by atoms with E-state index in [4.69, 9.17) is 0 Å². The molecule has 0 radical (unpaired) electrons. The molecular weight excluding hydrogens is 276 g/mol. The summed E-state index contributed by atoms with van der Waals surface area (Å²) in [4.78, 5) is 18.5. The van der Waals surface area contributed by atoms with E-state index >= 15 is 0 Å². The van der Waals surface area contributed by atoms with Crippen LogP contribution in [0.15, 0.2) is 10.9 Å².